The molecule has 6 nitrogen and oxygen atoms in total. The predicted molar refractivity (Wildman–Crippen MR) is 109 cm³/mol. The zero-order valence-electron chi connectivity index (χ0n) is 16.4. The molecule has 2 amide bonds. The van der Waals surface area contributed by atoms with Gasteiger partial charge < -0.3 is 20.4 Å². The standard InChI is InChI=1S/C21H32N4O2/c1-22-12-8-17-9-14-24(15-10-17)16-11-20(26)23-18-4-6-19(7-5-18)25-13-2-3-21(25)27/h4-7,17,22H,2-3,8-16H2,1H3,(H,23,26). The minimum atomic E-state index is 0.0531. The van der Waals surface area contributed by atoms with Gasteiger partial charge in [0.15, 0.2) is 0 Å². The van der Waals surface area contributed by atoms with Crippen LogP contribution in [-0.4, -0.2) is 56.5 Å². The van der Waals surface area contributed by atoms with Crippen LogP contribution in [0.25, 0.3) is 0 Å². The van der Waals surface area contributed by atoms with Crippen molar-refractivity contribution in [3.05, 3.63) is 24.3 Å². The van der Waals surface area contributed by atoms with Gasteiger partial charge in [0.25, 0.3) is 0 Å². The molecule has 0 spiro atoms. The molecular weight excluding hydrogens is 340 g/mol. The average Bonchev–Trinajstić information content (AvgIpc) is 3.12. The molecule has 2 heterocycles. The molecule has 6 heteroatoms. The van der Waals surface area contributed by atoms with E-state index in [4.69, 9.17) is 0 Å². The highest BCUT2D eigenvalue weighted by Gasteiger charge is 2.22. The summed E-state index contributed by atoms with van der Waals surface area (Å²) < 4.78 is 0. The maximum Gasteiger partial charge on any atom is 0.227 e. The highest BCUT2D eigenvalue weighted by atomic mass is 16.2. The smallest absolute Gasteiger partial charge is 0.227 e. The maximum atomic E-state index is 12.2. The minimum absolute atomic E-state index is 0.0531. The van der Waals surface area contributed by atoms with Gasteiger partial charge in [-0.2, -0.15) is 0 Å². The number of amides is 2. The second-order valence-corrected chi connectivity index (χ2v) is 7.67. The number of nitrogens with zero attached hydrogens (tertiary/aromatic N) is 2. The van der Waals surface area contributed by atoms with Crippen LogP contribution in [0.1, 0.15) is 38.5 Å². The average molecular weight is 373 g/mol. The maximum absolute atomic E-state index is 12.2. The Morgan fingerprint density at radius 3 is 2.52 bits per heavy atom. The molecule has 0 atom stereocenters. The Morgan fingerprint density at radius 1 is 1.15 bits per heavy atom. The van der Waals surface area contributed by atoms with Crippen molar-refractivity contribution in [2.45, 2.75) is 38.5 Å². The van der Waals surface area contributed by atoms with Crippen molar-refractivity contribution in [2.24, 2.45) is 5.92 Å². The first-order valence-electron chi connectivity index (χ1n) is 10.2. The first-order valence-corrected chi connectivity index (χ1v) is 10.2. The molecule has 2 saturated heterocycles. The number of carbonyl (C=O) groups excluding carboxylic acids is 2. The first-order chi connectivity index (χ1) is 13.2. The zero-order valence-corrected chi connectivity index (χ0v) is 16.4. The Labute approximate surface area is 162 Å². The molecule has 3 rings (SSSR count). The van der Waals surface area contributed by atoms with Crippen LogP contribution in [0, 0.1) is 5.92 Å². The molecule has 0 saturated carbocycles. The van der Waals surface area contributed by atoms with Gasteiger partial charge in [-0.05, 0) is 82.5 Å². The number of nitrogens with one attached hydrogen (secondary N) is 2. The predicted octanol–water partition coefficient (Wildman–Crippen LogP) is 2.46. The fourth-order valence-electron chi connectivity index (χ4n) is 3.98. The van der Waals surface area contributed by atoms with Crippen LogP contribution in [0.2, 0.25) is 0 Å². The quantitative estimate of drug-likeness (QED) is 0.736. The topological polar surface area (TPSA) is 64.7 Å². The molecule has 2 N–H and O–H groups in total. The zero-order chi connectivity index (χ0) is 19.1. The van der Waals surface area contributed by atoms with Gasteiger partial charge in [-0.1, -0.05) is 0 Å². The molecule has 2 aliphatic heterocycles. The molecule has 0 aliphatic carbocycles. The molecule has 27 heavy (non-hydrogen) atoms. The summed E-state index contributed by atoms with van der Waals surface area (Å²) in [6, 6.07) is 7.59. The number of piperidine rings is 1. The van der Waals surface area contributed by atoms with Crippen molar-refractivity contribution in [1.29, 1.82) is 0 Å². The lowest BCUT2D eigenvalue weighted by atomic mass is 9.93. The third-order valence-corrected chi connectivity index (χ3v) is 5.70. The highest BCUT2D eigenvalue weighted by molar-refractivity contribution is 5.96. The van der Waals surface area contributed by atoms with E-state index >= 15 is 0 Å². The Hall–Kier alpha value is -1.92. The summed E-state index contributed by atoms with van der Waals surface area (Å²) in [6.45, 7) is 4.90. The van der Waals surface area contributed by atoms with Gasteiger partial charge in [-0.25, -0.2) is 0 Å². The lowest BCUT2D eigenvalue weighted by Crippen LogP contribution is -2.36. The number of hydrogen-bond donors (Lipinski definition) is 2. The van der Waals surface area contributed by atoms with Crippen LogP contribution >= 0.6 is 0 Å². The van der Waals surface area contributed by atoms with E-state index < -0.39 is 0 Å². The van der Waals surface area contributed by atoms with Gasteiger partial charge in [-0.3, -0.25) is 9.59 Å². The Morgan fingerprint density at radius 2 is 1.89 bits per heavy atom. The monoisotopic (exact) mass is 372 g/mol. The van der Waals surface area contributed by atoms with Crippen molar-refractivity contribution in [3.8, 4) is 0 Å². The van der Waals surface area contributed by atoms with Crippen LogP contribution < -0.4 is 15.5 Å². The Bertz CT molecular complexity index is 624. The van der Waals surface area contributed by atoms with E-state index in [2.05, 4.69) is 15.5 Å². The number of benzene rings is 1. The van der Waals surface area contributed by atoms with Gasteiger partial charge in [0, 0.05) is 37.3 Å². The number of hydrogen-bond acceptors (Lipinski definition) is 4. The summed E-state index contributed by atoms with van der Waals surface area (Å²) in [5.74, 6) is 1.06. The SMILES string of the molecule is CNCCC1CCN(CCC(=O)Nc2ccc(N3CCCC3=O)cc2)CC1. The molecular formula is C21H32N4O2. The number of carbonyl (C=O) groups is 2. The summed E-state index contributed by atoms with van der Waals surface area (Å²) in [5.41, 5.74) is 1.71. The fraction of sp³-hybridized carbons (Fsp3) is 0.619. The Balaban J connectivity index is 1.38. The molecule has 0 aromatic heterocycles. The highest BCUT2D eigenvalue weighted by Crippen LogP contribution is 2.23. The van der Waals surface area contributed by atoms with Crippen molar-refractivity contribution < 1.29 is 9.59 Å². The summed E-state index contributed by atoms with van der Waals surface area (Å²) in [4.78, 5) is 28.2. The van der Waals surface area contributed by atoms with Crippen LogP contribution in [0.3, 0.4) is 0 Å². The molecule has 2 aliphatic rings. The number of anilines is 2. The number of rotatable bonds is 8. The van der Waals surface area contributed by atoms with Crippen LogP contribution in [-0.2, 0) is 9.59 Å². The van der Waals surface area contributed by atoms with Crippen molar-refractivity contribution in [3.63, 3.8) is 0 Å². The van der Waals surface area contributed by atoms with Gasteiger partial charge in [-0.15, -0.1) is 0 Å². The van der Waals surface area contributed by atoms with E-state index in [1.54, 1.807) is 0 Å². The second-order valence-electron chi connectivity index (χ2n) is 7.67. The largest absolute Gasteiger partial charge is 0.326 e. The van der Waals surface area contributed by atoms with E-state index in [1.807, 2.05) is 36.2 Å². The van der Waals surface area contributed by atoms with Crippen LogP contribution in [0.15, 0.2) is 24.3 Å². The van der Waals surface area contributed by atoms with E-state index in [0.717, 1.165) is 56.4 Å². The van der Waals surface area contributed by atoms with Crippen molar-refractivity contribution in [1.82, 2.24) is 10.2 Å². The molecule has 2 fully saturated rings. The van der Waals surface area contributed by atoms with Crippen molar-refractivity contribution >= 4 is 23.2 Å². The summed E-state index contributed by atoms with van der Waals surface area (Å²) >= 11 is 0. The van der Waals surface area contributed by atoms with E-state index in [1.165, 1.54) is 19.3 Å². The molecule has 0 radical (unpaired) electrons. The van der Waals surface area contributed by atoms with Gasteiger partial charge >= 0.3 is 0 Å². The molecule has 0 bridgehead atoms. The molecule has 148 valence electrons. The van der Waals surface area contributed by atoms with Crippen molar-refractivity contribution in [2.75, 3.05) is 50.0 Å². The second kappa shape index (κ2) is 9.85. The van der Waals surface area contributed by atoms with Crippen LogP contribution in [0.5, 0.6) is 0 Å². The normalized spacial score (nSPS) is 18.9. The van der Waals surface area contributed by atoms with E-state index in [-0.39, 0.29) is 11.8 Å². The minimum Gasteiger partial charge on any atom is -0.326 e. The lowest BCUT2D eigenvalue weighted by Gasteiger charge is -2.31. The summed E-state index contributed by atoms with van der Waals surface area (Å²) in [7, 11) is 2.01. The van der Waals surface area contributed by atoms with E-state index in [9.17, 15) is 9.59 Å². The Kier molecular flexibility index (Phi) is 7.24. The first kappa shape index (κ1) is 19.8. The van der Waals surface area contributed by atoms with E-state index in [0.29, 0.717) is 12.8 Å². The van der Waals surface area contributed by atoms with Gasteiger partial charge in [0.1, 0.15) is 0 Å². The van der Waals surface area contributed by atoms with Crippen LogP contribution in [0.4, 0.5) is 11.4 Å². The molecule has 1 aromatic rings. The molecule has 1 aromatic carbocycles. The number of likely N-dealkylation sites (tertiary alicyclic amines) is 1. The lowest BCUT2D eigenvalue weighted by molar-refractivity contribution is -0.117. The van der Waals surface area contributed by atoms with Gasteiger partial charge in [0.05, 0.1) is 0 Å². The third-order valence-electron chi connectivity index (χ3n) is 5.70. The summed E-state index contributed by atoms with van der Waals surface area (Å²) in [5, 5.41) is 6.19. The van der Waals surface area contributed by atoms with Gasteiger partial charge in [0.2, 0.25) is 11.8 Å². The summed E-state index contributed by atoms with van der Waals surface area (Å²) in [6.07, 6.45) is 5.80. The molecule has 0 unspecified atom stereocenters. The fourth-order valence-corrected chi connectivity index (χ4v) is 3.98. The third kappa shape index (κ3) is 5.78.